The summed E-state index contributed by atoms with van der Waals surface area (Å²) in [4.78, 5) is 45.3. The number of aromatic nitrogens is 2. The molecule has 1 aliphatic heterocycles. The highest BCUT2D eigenvalue weighted by Gasteiger charge is 2.39. The number of phosphoric acid groups is 1. The summed E-state index contributed by atoms with van der Waals surface area (Å²) in [6.07, 6.45) is -1.41. The summed E-state index contributed by atoms with van der Waals surface area (Å²) >= 11 is 0. The lowest BCUT2D eigenvalue weighted by Crippen LogP contribution is -2.33. The average Bonchev–Trinajstić information content (AvgIpc) is 2.91. The van der Waals surface area contributed by atoms with Gasteiger partial charge in [0.15, 0.2) is 6.29 Å². The molecule has 2 heterocycles. The van der Waals surface area contributed by atoms with E-state index in [0.29, 0.717) is 12.2 Å². The molecule has 12 heteroatoms. The van der Waals surface area contributed by atoms with Gasteiger partial charge in [0.25, 0.3) is 13.4 Å². The number of nitrogens with one attached hydrogen (secondary N) is 1. The van der Waals surface area contributed by atoms with E-state index >= 15 is 0 Å². The van der Waals surface area contributed by atoms with Crippen LogP contribution in [0.4, 0.5) is 0 Å². The van der Waals surface area contributed by atoms with Crippen LogP contribution in [-0.2, 0) is 23.3 Å². The number of ether oxygens (including phenoxy) is 3. The highest BCUT2D eigenvalue weighted by Crippen LogP contribution is 2.35. The van der Waals surface area contributed by atoms with Crippen LogP contribution in [0.2, 0.25) is 0 Å². The molecule has 1 fully saturated rings. The maximum atomic E-state index is 12.0. The van der Waals surface area contributed by atoms with Crippen molar-refractivity contribution in [2.75, 3.05) is 13.2 Å². The molecule has 2 unspecified atom stereocenters. The smallest absolute Gasteiger partial charge is 0.330 e. The number of hydrogen-bond acceptors (Lipinski definition) is 8. The Morgan fingerprint density at radius 1 is 1.54 bits per heavy atom. The van der Waals surface area contributed by atoms with E-state index in [2.05, 4.69) is 9.51 Å². The van der Waals surface area contributed by atoms with Crippen LogP contribution in [0.25, 0.3) is 0 Å². The third kappa shape index (κ3) is 5.58. The van der Waals surface area contributed by atoms with Gasteiger partial charge >= 0.3 is 5.69 Å². The number of aryl methyl sites for hydroxylation is 1. The lowest BCUT2D eigenvalue weighted by Gasteiger charge is -2.24. The molecule has 0 radical (unpaired) electrons. The highest BCUT2D eigenvalue weighted by atomic mass is 31.2. The predicted octanol–water partition coefficient (Wildman–Crippen LogP) is -0.622. The molecule has 2 N–H and O–H groups in total. The third-order valence-corrected chi connectivity index (χ3v) is 4.28. The molecule has 0 saturated carbocycles. The molecule has 148 valence electrons. The van der Waals surface area contributed by atoms with Crippen LogP contribution in [0.1, 0.15) is 32.1 Å². The van der Waals surface area contributed by atoms with E-state index in [0.717, 1.165) is 0 Å². The van der Waals surface area contributed by atoms with Crippen molar-refractivity contribution in [1.82, 2.24) is 9.55 Å². The fraction of sp³-hybridized carbons (Fsp3) is 0.714. The Morgan fingerprint density at radius 3 is 2.85 bits per heavy atom. The maximum absolute atomic E-state index is 12.0. The summed E-state index contributed by atoms with van der Waals surface area (Å²) in [7, 11) is -4.94. The SMILES string of the molecule is CCO[C@H](C)OC1C[C@H](n2cc(C)c(=O)[nH]c2=O)O[C@@H]1COP(=O)([O-])O. The van der Waals surface area contributed by atoms with E-state index in [4.69, 9.17) is 19.1 Å². The number of phosphoric ester groups is 1. The van der Waals surface area contributed by atoms with Crippen LogP contribution in [0.15, 0.2) is 15.8 Å². The van der Waals surface area contributed by atoms with Crippen LogP contribution in [0.5, 0.6) is 0 Å². The van der Waals surface area contributed by atoms with E-state index in [1.165, 1.54) is 17.7 Å². The Bertz CT molecular complexity index is 770. The Hall–Kier alpha value is -1.33. The van der Waals surface area contributed by atoms with Crippen molar-refractivity contribution < 1.29 is 33.1 Å². The fourth-order valence-electron chi connectivity index (χ4n) is 2.65. The number of hydrogen-bond donors (Lipinski definition) is 2. The molecule has 2 rings (SSSR count). The number of H-pyrrole nitrogens is 1. The highest BCUT2D eigenvalue weighted by molar-refractivity contribution is 7.44. The molecular formula is C14H22N2O9P-. The quantitative estimate of drug-likeness (QED) is 0.434. The molecule has 0 bridgehead atoms. The molecule has 0 aromatic carbocycles. The number of nitrogens with zero attached hydrogens (tertiary/aromatic N) is 1. The van der Waals surface area contributed by atoms with Crippen molar-refractivity contribution in [1.29, 1.82) is 0 Å². The van der Waals surface area contributed by atoms with Crippen LogP contribution >= 0.6 is 7.82 Å². The Kier molecular flexibility index (Phi) is 6.92. The van der Waals surface area contributed by atoms with Crippen LogP contribution in [0, 0.1) is 6.92 Å². The largest absolute Gasteiger partial charge is 0.756 e. The molecule has 11 nitrogen and oxygen atoms in total. The van der Waals surface area contributed by atoms with Gasteiger partial charge in [-0.15, -0.1) is 0 Å². The van der Waals surface area contributed by atoms with Crippen LogP contribution < -0.4 is 16.1 Å². The van der Waals surface area contributed by atoms with Gasteiger partial charge in [0.1, 0.15) is 12.3 Å². The van der Waals surface area contributed by atoms with Gasteiger partial charge in [-0.2, -0.15) is 0 Å². The number of rotatable bonds is 8. The first kappa shape index (κ1) is 21.0. The van der Waals surface area contributed by atoms with Crippen LogP contribution in [0.3, 0.4) is 0 Å². The van der Waals surface area contributed by atoms with Gasteiger partial charge < -0.3 is 28.5 Å². The summed E-state index contributed by atoms with van der Waals surface area (Å²) in [5.74, 6) is 0. The van der Waals surface area contributed by atoms with Crippen molar-refractivity contribution in [2.24, 2.45) is 0 Å². The van der Waals surface area contributed by atoms with Crippen molar-refractivity contribution in [2.45, 2.75) is 51.9 Å². The molecule has 0 aliphatic carbocycles. The minimum Gasteiger partial charge on any atom is -0.756 e. The van der Waals surface area contributed by atoms with Gasteiger partial charge in [-0.1, -0.05) is 0 Å². The average molecular weight is 393 g/mol. The second-order valence-corrected chi connectivity index (χ2v) is 7.00. The van der Waals surface area contributed by atoms with E-state index in [1.54, 1.807) is 13.8 Å². The van der Waals surface area contributed by atoms with Crippen molar-refractivity contribution >= 4 is 7.82 Å². The van der Waals surface area contributed by atoms with Crippen molar-refractivity contribution in [3.05, 3.63) is 32.6 Å². The molecular weight excluding hydrogens is 371 g/mol. The molecule has 1 aromatic heterocycles. The predicted molar refractivity (Wildman–Crippen MR) is 86.3 cm³/mol. The van der Waals surface area contributed by atoms with Gasteiger partial charge in [-0.25, -0.2) is 4.79 Å². The van der Waals surface area contributed by atoms with Gasteiger partial charge in [-0.05, 0) is 20.8 Å². The lowest BCUT2D eigenvalue weighted by molar-refractivity contribution is -0.224. The van der Waals surface area contributed by atoms with E-state index in [9.17, 15) is 19.0 Å². The van der Waals surface area contributed by atoms with Gasteiger partial charge in [0, 0.05) is 24.8 Å². The summed E-state index contributed by atoms with van der Waals surface area (Å²) in [5.41, 5.74) is -0.859. The molecule has 26 heavy (non-hydrogen) atoms. The number of aromatic amines is 1. The standard InChI is InChI=1S/C14H23N2O9P/c1-4-22-9(3)24-10-5-12(25-11(10)7-23-26(19,20)21)16-6-8(2)13(17)15-14(16)18/h6,9-12H,4-5,7H2,1-3H3,(H,15,17,18)(H2,19,20,21)/p-1/t9-,10?,11+,12+/m0/s1. The summed E-state index contributed by atoms with van der Waals surface area (Å²) in [6.45, 7) is 4.90. The first-order chi connectivity index (χ1) is 12.1. The Labute approximate surface area is 149 Å². The zero-order valence-corrected chi connectivity index (χ0v) is 15.5. The third-order valence-electron chi connectivity index (χ3n) is 3.81. The summed E-state index contributed by atoms with van der Waals surface area (Å²) < 4.78 is 33.1. The van der Waals surface area contributed by atoms with Crippen molar-refractivity contribution in [3.63, 3.8) is 0 Å². The monoisotopic (exact) mass is 393 g/mol. The lowest BCUT2D eigenvalue weighted by atomic mass is 10.2. The second kappa shape index (κ2) is 8.57. The van der Waals surface area contributed by atoms with E-state index in [1.807, 2.05) is 0 Å². The first-order valence-corrected chi connectivity index (χ1v) is 9.53. The topological polar surface area (TPSA) is 152 Å². The fourth-order valence-corrected chi connectivity index (χ4v) is 2.99. The molecule has 1 aromatic rings. The Balaban J connectivity index is 2.20. The molecule has 1 aliphatic rings. The summed E-state index contributed by atoms with van der Waals surface area (Å²) in [6, 6.07) is 0. The molecule has 0 spiro atoms. The molecule has 5 atom stereocenters. The molecule has 0 amide bonds. The summed E-state index contributed by atoms with van der Waals surface area (Å²) in [5, 5.41) is 0. The van der Waals surface area contributed by atoms with E-state index < -0.39 is 50.4 Å². The van der Waals surface area contributed by atoms with Gasteiger partial charge in [0.2, 0.25) is 0 Å². The first-order valence-electron chi connectivity index (χ1n) is 8.03. The minimum absolute atomic E-state index is 0.186. The van der Waals surface area contributed by atoms with Crippen molar-refractivity contribution in [3.8, 4) is 0 Å². The van der Waals surface area contributed by atoms with Crippen LogP contribution in [-0.4, -0.2) is 46.2 Å². The second-order valence-electron chi connectivity index (χ2n) is 5.81. The van der Waals surface area contributed by atoms with Gasteiger partial charge in [0.05, 0.1) is 12.7 Å². The minimum atomic E-state index is -4.94. The normalized spacial score (nSPS) is 26.6. The zero-order chi connectivity index (χ0) is 19.5. The maximum Gasteiger partial charge on any atom is 0.330 e. The zero-order valence-electron chi connectivity index (χ0n) is 14.6. The van der Waals surface area contributed by atoms with Gasteiger partial charge in [-0.3, -0.25) is 18.9 Å². The Morgan fingerprint density at radius 2 is 2.23 bits per heavy atom. The molecule has 1 saturated heterocycles. The van der Waals surface area contributed by atoms with E-state index in [-0.39, 0.29) is 6.42 Å².